The molecule has 0 bridgehead atoms. The van der Waals surface area contributed by atoms with E-state index in [2.05, 4.69) is 214 Å². The molecule has 0 aromatic heterocycles. The van der Waals surface area contributed by atoms with E-state index in [4.69, 9.17) is 18.3 Å². The second-order valence-electron chi connectivity index (χ2n) is 21.0. The van der Waals surface area contributed by atoms with Crippen LogP contribution in [0.15, 0.2) is 152 Å². The Morgan fingerprint density at radius 3 is 1.48 bits per heavy atom. The lowest BCUT2D eigenvalue weighted by atomic mass is 9.64. The molecule has 5 aromatic carbocycles. The lowest BCUT2D eigenvalue weighted by molar-refractivity contribution is -0.169. The highest BCUT2D eigenvalue weighted by Crippen LogP contribution is 2.45. The molecule has 0 spiro atoms. The molecule has 1 aliphatic carbocycles. The summed E-state index contributed by atoms with van der Waals surface area (Å²) < 4.78 is 29.3. The molecule has 6 atom stereocenters. The van der Waals surface area contributed by atoms with Crippen LogP contribution < -0.4 is 20.7 Å². The fourth-order valence-electron chi connectivity index (χ4n) is 11.0. The summed E-state index contributed by atoms with van der Waals surface area (Å²) in [5.74, 6) is 0.465. The number of benzene rings is 5. The van der Waals surface area contributed by atoms with E-state index in [1.165, 1.54) is 26.3 Å². The third kappa shape index (κ3) is 9.94. The van der Waals surface area contributed by atoms with Crippen LogP contribution in [0.1, 0.15) is 106 Å². The SMILES string of the molecule is C[C@@H]1CC[C@@H](C(C)(C)c2ccccc2)[C@H](OC(=O)C[C@H]2O[C@H](CO[Si](c3ccccc3)(c3ccccc3)C(C)(C)C)CC[C@H]2O[Si](c2ccccc2)(c2ccccc2)C(C)(C)C)C1. The minimum absolute atomic E-state index is 0.113. The number of carbonyl (C=O) groups excluding carboxylic acids is 1. The molecule has 1 saturated carbocycles. The van der Waals surface area contributed by atoms with Gasteiger partial charge < -0.3 is 18.3 Å². The predicted octanol–water partition coefficient (Wildman–Crippen LogP) is 10.8. The van der Waals surface area contributed by atoms with E-state index >= 15 is 0 Å². The molecule has 5 nitrogen and oxygen atoms in total. The summed E-state index contributed by atoms with van der Waals surface area (Å²) >= 11 is 0. The summed E-state index contributed by atoms with van der Waals surface area (Å²) in [6.07, 6.45) is 3.31. The van der Waals surface area contributed by atoms with Crippen LogP contribution in [0.2, 0.25) is 10.1 Å². The average Bonchev–Trinajstić information content (AvgIpc) is 3.27. The quantitative estimate of drug-likeness (QED) is 0.0822. The Balaban J connectivity index is 1.23. The fraction of sp³-hybridized carbons (Fsp3) is 0.446. The minimum Gasteiger partial charge on any atom is -0.462 e. The standard InChI is InChI=1S/C56H72O5Si2/c1-42-35-37-49(56(8,9)43-25-15-10-16-26-43)51(39-42)60-53(57)40-52-50(61-63(55(5,6)7,47-31-21-13-22-32-47)48-33-23-14-24-34-48)38-36-44(59-52)41-58-62(54(2,3)4,45-27-17-11-18-28-45)46-29-19-12-20-30-46/h10-34,42,44,49-52H,35-41H2,1-9H3/t42-,44+,49-,50-,51-,52-/m1/s1. The van der Waals surface area contributed by atoms with Gasteiger partial charge in [0.2, 0.25) is 0 Å². The average molecular weight is 881 g/mol. The monoisotopic (exact) mass is 880 g/mol. The second-order valence-corrected chi connectivity index (χ2v) is 29.6. The van der Waals surface area contributed by atoms with Crippen molar-refractivity contribution in [3.8, 4) is 0 Å². The highest BCUT2D eigenvalue weighted by molar-refractivity contribution is 7.00. The summed E-state index contributed by atoms with van der Waals surface area (Å²) in [5, 5.41) is 4.49. The summed E-state index contributed by atoms with van der Waals surface area (Å²) in [6, 6.07) is 53.9. The molecule has 63 heavy (non-hydrogen) atoms. The van der Waals surface area contributed by atoms with Crippen LogP contribution >= 0.6 is 0 Å². The zero-order valence-corrected chi connectivity index (χ0v) is 41.4. The second kappa shape index (κ2) is 19.5. The zero-order valence-electron chi connectivity index (χ0n) is 39.4. The minimum atomic E-state index is -2.99. The Kier molecular flexibility index (Phi) is 14.5. The van der Waals surface area contributed by atoms with Crippen molar-refractivity contribution < 1.29 is 23.1 Å². The Labute approximate surface area is 381 Å². The molecular weight excluding hydrogens is 809 g/mol. The van der Waals surface area contributed by atoms with Crippen molar-refractivity contribution in [1.82, 2.24) is 0 Å². The fourth-order valence-corrected chi connectivity index (χ4v) is 20.4. The van der Waals surface area contributed by atoms with E-state index in [1.54, 1.807) is 0 Å². The summed E-state index contributed by atoms with van der Waals surface area (Å²) in [5.41, 5.74) is 1.12. The van der Waals surface area contributed by atoms with Crippen molar-refractivity contribution in [2.24, 2.45) is 11.8 Å². The molecule has 7 heteroatoms. The van der Waals surface area contributed by atoms with Crippen LogP contribution in [0, 0.1) is 11.8 Å². The van der Waals surface area contributed by atoms with Gasteiger partial charge in [0, 0.05) is 5.92 Å². The molecular formula is C56H72O5Si2. The van der Waals surface area contributed by atoms with E-state index in [0.717, 1.165) is 32.1 Å². The molecule has 2 fully saturated rings. The normalized spacial score (nSPS) is 22.6. The molecule has 5 aromatic rings. The number of rotatable bonds is 14. The smallest absolute Gasteiger partial charge is 0.308 e. The third-order valence-electron chi connectivity index (χ3n) is 14.4. The van der Waals surface area contributed by atoms with E-state index in [-0.39, 0.29) is 52.1 Å². The van der Waals surface area contributed by atoms with E-state index < -0.39 is 22.7 Å². The van der Waals surface area contributed by atoms with Gasteiger partial charge in [0.05, 0.1) is 31.3 Å². The molecule has 0 N–H and O–H groups in total. The van der Waals surface area contributed by atoms with Crippen LogP contribution in [0.25, 0.3) is 0 Å². The maximum Gasteiger partial charge on any atom is 0.308 e. The molecule has 334 valence electrons. The maximum atomic E-state index is 14.7. The van der Waals surface area contributed by atoms with Crippen molar-refractivity contribution in [2.45, 2.75) is 141 Å². The molecule has 1 heterocycles. The first kappa shape index (κ1) is 46.9. The van der Waals surface area contributed by atoms with Gasteiger partial charge in [-0.05, 0) is 73.4 Å². The lowest BCUT2D eigenvalue weighted by Gasteiger charge is -2.48. The van der Waals surface area contributed by atoms with Gasteiger partial charge in [-0.2, -0.15) is 0 Å². The first-order chi connectivity index (χ1) is 30.1. The zero-order chi connectivity index (χ0) is 44.9. The largest absolute Gasteiger partial charge is 0.462 e. The van der Waals surface area contributed by atoms with Crippen molar-refractivity contribution >= 4 is 43.4 Å². The number of esters is 1. The highest BCUT2D eigenvalue weighted by atomic mass is 28.4. The van der Waals surface area contributed by atoms with E-state index in [9.17, 15) is 4.79 Å². The number of carbonyl (C=O) groups is 1. The first-order valence-corrected chi connectivity index (χ1v) is 27.3. The molecule has 2 aliphatic rings. The maximum absolute atomic E-state index is 14.7. The third-order valence-corrected chi connectivity index (χ3v) is 24.4. The van der Waals surface area contributed by atoms with Crippen molar-refractivity contribution in [1.29, 1.82) is 0 Å². The Bertz CT molecular complexity index is 2110. The molecule has 1 saturated heterocycles. The summed E-state index contributed by atoms with van der Waals surface area (Å²) in [7, 11) is -5.84. The first-order valence-electron chi connectivity index (χ1n) is 23.5. The van der Waals surface area contributed by atoms with Crippen LogP contribution in [-0.4, -0.2) is 53.6 Å². The van der Waals surface area contributed by atoms with Crippen molar-refractivity contribution in [3.05, 3.63) is 157 Å². The van der Waals surface area contributed by atoms with Gasteiger partial charge in [0.25, 0.3) is 16.6 Å². The van der Waals surface area contributed by atoms with Crippen molar-refractivity contribution in [3.63, 3.8) is 0 Å². The Hall–Kier alpha value is -4.12. The van der Waals surface area contributed by atoms with Gasteiger partial charge in [0.1, 0.15) is 6.10 Å². The van der Waals surface area contributed by atoms with Crippen molar-refractivity contribution in [2.75, 3.05) is 6.61 Å². The molecule has 0 radical (unpaired) electrons. The summed E-state index contributed by atoms with van der Waals surface area (Å²) in [4.78, 5) is 14.7. The lowest BCUT2D eigenvalue weighted by Crippen LogP contribution is -2.69. The Morgan fingerprint density at radius 2 is 1.02 bits per heavy atom. The topological polar surface area (TPSA) is 54.0 Å². The van der Waals surface area contributed by atoms with Gasteiger partial charge >= 0.3 is 5.97 Å². The van der Waals surface area contributed by atoms with E-state index in [1.807, 2.05) is 0 Å². The van der Waals surface area contributed by atoms with Gasteiger partial charge in [-0.25, -0.2) is 0 Å². The number of hydrogen-bond donors (Lipinski definition) is 0. The number of hydrogen-bond acceptors (Lipinski definition) is 5. The molecule has 1 aliphatic heterocycles. The van der Waals surface area contributed by atoms with Crippen LogP contribution in [0.5, 0.6) is 0 Å². The molecule has 0 amide bonds. The predicted molar refractivity (Wildman–Crippen MR) is 264 cm³/mol. The van der Waals surface area contributed by atoms with Gasteiger partial charge in [0.15, 0.2) is 0 Å². The van der Waals surface area contributed by atoms with E-state index in [0.29, 0.717) is 12.5 Å². The van der Waals surface area contributed by atoms with Crippen LogP contribution in [-0.2, 0) is 28.5 Å². The highest BCUT2D eigenvalue weighted by Gasteiger charge is 2.54. The molecule has 0 unspecified atom stereocenters. The van der Waals surface area contributed by atoms with Gasteiger partial charge in [-0.15, -0.1) is 0 Å². The number of ether oxygens (including phenoxy) is 2. The van der Waals surface area contributed by atoms with Crippen LogP contribution in [0.4, 0.5) is 0 Å². The summed E-state index contributed by atoms with van der Waals surface area (Å²) in [6.45, 7) is 21.2. The van der Waals surface area contributed by atoms with Crippen LogP contribution in [0.3, 0.4) is 0 Å². The molecule has 7 rings (SSSR count). The Morgan fingerprint density at radius 1 is 0.571 bits per heavy atom. The van der Waals surface area contributed by atoms with Gasteiger partial charge in [-0.3, -0.25) is 4.79 Å². The van der Waals surface area contributed by atoms with Gasteiger partial charge in [-0.1, -0.05) is 220 Å².